The summed E-state index contributed by atoms with van der Waals surface area (Å²) in [6.45, 7) is 0.946. The summed E-state index contributed by atoms with van der Waals surface area (Å²) in [5.41, 5.74) is 1.55. The minimum Gasteiger partial charge on any atom is -0.496 e. The fraction of sp³-hybridized carbons (Fsp3) is 0.263. The standard InChI is InChI=1S/C19H20INO4/c1-24-18-11-17(9-6-15(18)13-22)25-10-2-3-19(23)21-12-14-4-7-16(20)8-5-14/h4-9,11,13H,2-3,10,12H2,1H3,(H,21,23). The maximum atomic E-state index is 11.9. The second-order valence-corrected chi connectivity index (χ2v) is 6.62. The van der Waals surface area contributed by atoms with Crippen molar-refractivity contribution < 1.29 is 19.1 Å². The molecule has 6 heteroatoms. The summed E-state index contributed by atoms with van der Waals surface area (Å²) < 4.78 is 11.9. The quantitative estimate of drug-likeness (QED) is 0.358. The molecule has 0 unspecified atom stereocenters. The predicted octanol–water partition coefficient (Wildman–Crippen LogP) is 3.59. The van der Waals surface area contributed by atoms with Crippen molar-refractivity contribution >= 4 is 34.8 Å². The molecule has 0 aromatic heterocycles. The Morgan fingerprint density at radius 1 is 1.20 bits per heavy atom. The summed E-state index contributed by atoms with van der Waals surface area (Å²) in [5, 5.41) is 2.89. The van der Waals surface area contributed by atoms with Gasteiger partial charge in [-0.3, -0.25) is 9.59 Å². The van der Waals surface area contributed by atoms with Gasteiger partial charge in [0, 0.05) is 22.6 Å². The van der Waals surface area contributed by atoms with E-state index in [4.69, 9.17) is 9.47 Å². The summed E-state index contributed by atoms with van der Waals surface area (Å²) in [6, 6.07) is 13.1. The summed E-state index contributed by atoms with van der Waals surface area (Å²) in [6.07, 6.45) is 1.74. The molecule has 0 atom stereocenters. The van der Waals surface area contributed by atoms with E-state index in [1.54, 1.807) is 18.2 Å². The molecule has 1 N–H and O–H groups in total. The lowest BCUT2D eigenvalue weighted by Crippen LogP contribution is -2.22. The second-order valence-electron chi connectivity index (χ2n) is 5.38. The van der Waals surface area contributed by atoms with E-state index in [1.165, 1.54) is 10.7 Å². The number of hydrogen-bond donors (Lipinski definition) is 1. The Bertz CT molecular complexity index is 716. The highest BCUT2D eigenvalue weighted by molar-refractivity contribution is 14.1. The Morgan fingerprint density at radius 2 is 1.96 bits per heavy atom. The number of carbonyl (C=O) groups excluding carboxylic acids is 2. The van der Waals surface area contributed by atoms with Crippen molar-refractivity contribution in [1.29, 1.82) is 0 Å². The summed E-state index contributed by atoms with van der Waals surface area (Å²) in [4.78, 5) is 22.7. The van der Waals surface area contributed by atoms with Crippen molar-refractivity contribution in [2.45, 2.75) is 19.4 Å². The Balaban J connectivity index is 1.69. The van der Waals surface area contributed by atoms with E-state index < -0.39 is 0 Å². The zero-order valence-corrected chi connectivity index (χ0v) is 16.1. The van der Waals surface area contributed by atoms with Crippen LogP contribution in [0.15, 0.2) is 42.5 Å². The summed E-state index contributed by atoms with van der Waals surface area (Å²) >= 11 is 2.25. The molecule has 0 fully saturated rings. The third-order valence-corrected chi connectivity index (χ3v) is 4.27. The maximum absolute atomic E-state index is 11.9. The van der Waals surface area contributed by atoms with E-state index in [1.807, 2.05) is 24.3 Å². The fourth-order valence-electron chi connectivity index (χ4n) is 2.19. The van der Waals surface area contributed by atoms with Crippen molar-refractivity contribution in [3.8, 4) is 11.5 Å². The molecule has 2 rings (SSSR count). The molecule has 1 amide bonds. The smallest absolute Gasteiger partial charge is 0.220 e. The highest BCUT2D eigenvalue weighted by Gasteiger charge is 2.05. The highest BCUT2D eigenvalue weighted by Crippen LogP contribution is 2.23. The van der Waals surface area contributed by atoms with Gasteiger partial charge in [-0.05, 0) is 58.8 Å². The van der Waals surface area contributed by atoms with E-state index >= 15 is 0 Å². The molecule has 0 spiro atoms. The first kappa shape index (κ1) is 19.2. The van der Waals surface area contributed by atoms with Gasteiger partial charge >= 0.3 is 0 Å². The number of aldehydes is 1. The van der Waals surface area contributed by atoms with Gasteiger partial charge in [-0.1, -0.05) is 12.1 Å². The molecule has 5 nitrogen and oxygen atoms in total. The van der Waals surface area contributed by atoms with Crippen LogP contribution in [0.1, 0.15) is 28.8 Å². The van der Waals surface area contributed by atoms with Crippen LogP contribution >= 0.6 is 22.6 Å². The van der Waals surface area contributed by atoms with Gasteiger partial charge in [-0.15, -0.1) is 0 Å². The first-order valence-electron chi connectivity index (χ1n) is 7.89. The van der Waals surface area contributed by atoms with Crippen LogP contribution < -0.4 is 14.8 Å². The monoisotopic (exact) mass is 453 g/mol. The lowest BCUT2D eigenvalue weighted by atomic mass is 10.2. The Kier molecular flexibility index (Phi) is 7.72. The van der Waals surface area contributed by atoms with Crippen LogP contribution in [0, 0.1) is 3.57 Å². The molecule has 0 bridgehead atoms. The van der Waals surface area contributed by atoms with E-state index in [0.29, 0.717) is 43.1 Å². The number of benzene rings is 2. The van der Waals surface area contributed by atoms with Crippen LogP contribution in [0.25, 0.3) is 0 Å². The highest BCUT2D eigenvalue weighted by atomic mass is 127. The molecule has 2 aromatic rings. The maximum Gasteiger partial charge on any atom is 0.220 e. The molecule has 0 aliphatic rings. The van der Waals surface area contributed by atoms with Crippen LogP contribution in [-0.4, -0.2) is 25.9 Å². The lowest BCUT2D eigenvalue weighted by molar-refractivity contribution is -0.121. The molecule has 0 saturated carbocycles. The van der Waals surface area contributed by atoms with Crippen molar-refractivity contribution in [2.24, 2.45) is 0 Å². The number of rotatable bonds is 9. The molecule has 0 radical (unpaired) electrons. The number of hydrogen-bond acceptors (Lipinski definition) is 4. The van der Waals surface area contributed by atoms with Crippen LogP contribution in [0.2, 0.25) is 0 Å². The molecule has 0 heterocycles. The SMILES string of the molecule is COc1cc(OCCCC(=O)NCc2ccc(I)cc2)ccc1C=O. The molecule has 132 valence electrons. The largest absolute Gasteiger partial charge is 0.496 e. The first-order chi connectivity index (χ1) is 12.1. The molecule has 0 aliphatic heterocycles. The van der Waals surface area contributed by atoms with Crippen LogP contribution in [0.5, 0.6) is 11.5 Å². The molecular weight excluding hydrogens is 433 g/mol. The minimum absolute atomic E-state index is 0.00367. The van der Waals surface area contributed by atoms with Crippen LogP contribution in [0.3, 0.4) is 0 Å². The normalized spacial score (nSPS) is 10.2. The van der Waals surface area contributed by atoms with Crippen molar-refractivity contribution in [2.75, 3.05) is 13.7 Å². The predicted molar refractivity (Wildman–Crippen MR) is 104 cm³/mol. The van der Waals surface area contributed by atoms with E-state index in [9.17, 15) is 9.59 Å². The van der Waals surface area contributed by atoms with Gasteiger partial charge in [0.1, 0.15) is 11.5 Å². The summed E-state index contributed by atoms with van der Waals surface area (Å²) in [7, 11) is 1.50. The molecule has 25 heavy (non-hydrogen) atoms. The van der Waals surface area contributed by atoms with Crippen LogP contribution in [-0.2, 0) is 11.3 Å². The van der Waals surface area contributed by atoms with E-state index in [2.05, 4.69) is 27.9 Å². The van der Waals surface area contributed by atoms with Gasteiger partial charge in [0.05, 0.1) is 19.3 Å². The third-order valence-electron chi connectivity index (χ3n) is 3.55. The average Bonchev–Trinajstić information content (AvgIpc) is 2.64. The zero-order chi connectivity index (χ0) is 18.1. The molecule has 2 aromatic carbocycles. The second kappa shape index (κ2) is 10.0. The Labute approximate surface area is 160 Å². The van der Waals surface area contributed by atoms with Crippen molar-refractivity contribution in [3.05, 3.63) is 57.2 Å². The van der Waals surface area contributed by atoms with Gasteiger partial charge in [-0.25, -0.2) is 0 Å². The number of ether oxygens (including phenoxy) is 2. The number of methoxy groups -OCH3 is 1. The molecule has 0 aliphatic carbocycles. The van der Waals surface area contributed by atoms with Gasteiger partial charge < -0.3 is 14.8 Å². The van der Waals surface area contributed by atoms with Crippen molar-refractivity contribution in [3.63, 3.8) is 0 Å². The summed E-state index contributed by atoms with van der Waals surface area (Å²) in [5.74, 6) is 1.08. The zero-order valence-electron chi connectivity index (χ0n) is 14.0. The Hall–Kier alpha value is -2.09. The number of carbonyl (C=O) groups is 2. The topological polar surface area (TPSA) is 64.6 Å². The Morgan fingerprint density at radius 3 is 2.64 bits per heavy atom. The van der Waals surface area contributed by atoms with Gasteiger partial charge in [0.2, 0.25) is 5.91 Å². The van der Waals surface area contributed by atoms with Gasteiger partial charge in [-0.2, -0.15) is 0 Å². The van der Waals surface area contributed by atoms with Crippen LogP contribution in [0.4, 0.5) is 0 Å². The third kappa shape index (κ3) is 6.38. The average molecular weight is 453 g/mol. The number of halogens is 1. The first-order valence-corrected chi connectivity index (χ1v) is 8.97. The van der Waals surface area contributed by atoms with Crippen molar-refractivity contribution in [1.82, 2.24) is 5.32 Å². The van der Waals surface area contributed by atoms with E-state index in [-0.39, 0.29) is 5.91 Å². The van der Waals surface area contributed by atoms with Gasteiger partial charge in [0.25, 0.3) is 0 Å². The van der Waals surface area contributed by atoms with E-state index in [0.717, 1.165) is 11.8 Å². The number of nitrogens with one attached hydrogen (secondary N) is 1. The fourth-order valence-corrected chi connectivity index (χ4v) is 2.55. The molecule has 0 saturated heterocycles. The molecular formula is C19H20INO4. The lowest BCUT2D eigenvalue weighted by Gasteiger charge is -2.09. The van der Waals surface area contributed by atoms with Gasteiger partial charge in [0.15, 0.2) is 6.29 Å². The minimum atomic E-state index is -0.00367. The number of amides is 1.